The Morgan fingerprint density at radius 3 is 0.772 bits per heavy atom. The summed E-state index contributed by atoms with van der Waals surface area (Å²) in [5.41, 5.74) is -0.995. The zero-order valence-corrected chi connectivity index (χ0v) is 36.2. The summed E-state index contributed by atoms with van der Waals surface area (Å²) in [6, 6.07) is 0. The van der Waals surface area contributed by atoms with Crippen LogP contribution >= 0.6 is 0 Å². The number of ether oxygens (including phenoxy) is 15. The second-order valence-electron chi connectivity index (χ2n) is 14.2. The maximum atomic E-state index is 11.9. The number of amides is 1. The number of esters is 1. The van der Waals surface area contributed by atoms with Gasteiger partial charge in [-0.05, 0) is 41.5 Å². The minimum atomic E-state index is -0.516. The lowest BCUT2D eigenvalue weighted by molar-refractivity contribution is -0.156. The molecule has 0 saturated heterocycles. The average molecular weight is 832 g/mol. The quantitative estimate of drug-likeness (QED) is 0.0648. The van der Waals surface area contributed by atoms with Crippen LogP contribution in [-0.2, 0) is 75.8 Å². The summed E-state index contributed by atoms with van der Waals surface area (Å²) in [5.74, 6) is -0.269. The van der Waals surface area contributed by atoms with E-state index in [0.29, 0.717) is 178 Å². The first kappa shape index (κ1) is 55.2. The molecule has 0 saturated carbocycles. The van der Waals surface area contributed by atoms with Crippen LogP contribution in [-0.4, -0.2) is 214 Å². The molecule has 1 amide bonds. The van der Waals surface area contributed by atoms with Gasteiger partial charge in [-0.15, -0.1) is 0 Å². The van der Waals surface area contributed by atoms with Crippen molar-refractivity contribution in [1.29, 1.82) is 0 Å². The Kier molecular flexibility index (Phi) is 38.4. The van der Waals surface area contributed by atoms with Crippen LogP contribution in [0.3, 0.4) is 0 Å². The first-order chi connectivity index (χ1) is 27.4. The smallest absolute Gasteiger partial charge is 0.410 e. The van der Waals surface area contributed by atoms with Gasteiger partial charge in [0.25, 0.3) is 0 Å². The molecule has 0 bridgehead atoms. The molecule has 18 nitrogen and oxygen atoms in total. The third-order valence-electron chi connectivity index (χ3n) is 6.61. The van der Waals surface area contributed by atoms with Crippen molar-refractivity contribution in [2.24, 2.45) is 0 Å². The summed E-state index contributed by atoms with van der Waals surface area (Å²) in [7, 11) is 1.68. The highest BCUT2D eigenvalue weighted by Gasteiger charge is 2.19. The second kappa shape index (κ2) is 39.7. The van der Waals surface area contributed by atoms with Gasteiger partial charge in [0.05, 0.1) is 178 Å². The van der Waals surface area contributed by atoms with Crippen molar-refractivity contribution in [2.75, 3.05) is 185 Å². The second-order valence-corrected chi connectivity index (χ2v) is 14.2. The van der Waals surface area contributed by atoms with Gasteiger partial charge in [0, 0.05) is 13.6 Å². The fourth-order valence-corrected chi connectivity index (χ4v) is 3.92. The van der Waals surface area contributed by atoms with E-state index in [9.17, 15) is 9.59 Å². The molecule has 0 aliphatic carbocycles. The summed E-state index contributed by atoms with van der Waals surface area (Å²) in [6.07, 6.45) is -0.142. The Hall–Kier alpha value is -1.78. The summed E-state index contributed by atoms with van der Waals surface area (Å²) < 4.78 is 81.6. The lowest BCUT2D eigenvalue weighted by Gasteiger charge is -2.24. The fraction of sp³-hybridized carbons (Fsp3) is 0.949. The monoisotopic (exact) mass is 832 g/mol. The Morgan fingerprint density at radius 2 is 0.544 bits per heavy atom. The van der Waals surface area contributed by atoms with E-state index >= 15 is 0 Å². The molecule has 0 aromatic rings. The molecule has 0 aromatic carbocycles. The number of nitrogens with zero attached hydrogens (tertiary/aromatic N) is 1. The molecule has 0 atom stereocenters. The van der Waals surface area contributed by atoms with E-state index < -0.39 is 11.2 Å². The van der Waals surface area contributed by atoms with Crippen LogP contribution in [0.4, 0.5) is 4.79 Å². The van der Waals surface area contributed by atoms with Crippen LogP contribution < -0.4 is 0 Å². The van der Waals surface area contributed by atoms with Gasteiger partial charge in [-0.1, -0.05) is 0 Å². The van der Waals surface area contributed by atoms with Gasteiger partial charge in [0.2, 0.25) is 0 Å². The van der Waals surface area contributed by atoms with Crippen molar-refractivity contribution in [3.63, 3.8) is 0 Å². The lowest BCUT2D eigenvalue weighted by Crippen LogP contribution is -2.36. The van der Waals surface area contributed by atoms with Gasteiger partial charge in [0.15, 0.2) is 0 Å². The van der Waals surface area contributed by atoms with E-state index in [-0.39, 0.29) is 18.5 Å². The number of carbonyl (C=O) groups excluding carboxylic acids is 2. The minimum absolute atomic E-state index is 0.226. The number of rotatable bonds is 42. The predicted octanol–water partition coefficient (Wildman–Crippen LogP) is 2.80. The van der Waals surface area contributed by atoms with E-state index in [1.807, 2.05) is 41.5 Å². The fourth-order valence-electron chi connectivity index (χ4n) is 3.92. The van der Waals surface area contributed by atoms with Crippen molar-refractivity contribution in [2.45, 2.75) is 59.2 Å². The molecular formula is C39H77NO17. The summed E-state index contributed by atoms with van der Waals surface area (Å²) >= 11 is 0. The van der Waals surface area contributed by atoms with E-state index in [1.165, 1.54) is 4.90 Å². The minimum Gasteiger partial charge on any atom is -0.460 e. The molecule has 0 aromatic heterocycles. The van der Waals surface area contributed by atoms with Crippen molar-refractivity contribution in [3.8, 4) is 0 Å². The third-order valence-corrected chi connectivity index (χ3v) is 6.61. The lowest BCUT2D eigenvalue weighted by atomic mass is 10.2. The Morgan fingerprint density at radius 1 is 0.333 bits per heavy atom. The molecule has 0 aliphatic rings. The van der Waals surface area contributed by atoms with Crippen LogP contribution in [0, 0.1) is 0 Å². The van der Waals surface area contributed by atoms with E-state index in [2.05, 4.69) is 0 Å². The first-order valence-corrected chi connectivity index (χ1v) is 20.1. The molecule has 0 spiro atoms. The third kappa shape index (κ3) is 46.8. The standard InChI is InChI=1S/C39H77NO17/c1-38(2,3)56-36(41)8-10-43-12-14-45-16-18-47-20-22-49-24-26-51-28-30-53-32-34-55-35-33-54-31-29-52-27-25-50-23-21-48-19-17-46-15-13-44-11-9-40(7)37(42)57-39(4,5)6/h8-35H2,1-7H3. The first-order valence-electron chi connectivity index (χ1n) is 20.1. The van der Waals surface area contributed by atoms with Crippen LogP contribution in [0.25, 0.3) is 0 Å². The maximum absolute atomic E-state index is 11.9. The largest absolute Gasteiger partial charge is 0.460 e. The van der Waals surface area contributed by atoms with E-state index in [0.717, 1.165) is 0 Å². The molecule has 0 heterocycles. The van der Waals surface area contributed by atoms with Gasteiger partial charge in [-0.2, -0.15) is 0 Å². The number of hydrogen-bond donors (Lipinski definition) is 0. The molecule has 0 aliphatic heterocycles. The molecule has 0 fully saturated rings. The number of hydrogen-bond acceptors (Lipinski definition) is 17. The molecule has 0 rings (SSSR count). The van der Waals surface area contributed by atoms with Crippen molar-refractivity contribution < 1.29 is 80.6 Å². The van der Waals surface area contributed by atoms with Gasteiger partial charge in [0.1, 0.15) is 11.2 Å². The molecular weight excluding hydrogens is 754 g/mol. The van der Waals surface area contributed by atoms with E-state index in [1.54, 1.807) is 7.05 Å². The zero-order valence-electron chi connectivity index (χ0n) is 36.2. The molecule has 18 heteroatoms. The molecule has 57 heavy (non-hydrogen) atoms. The predicted molar refractivity (Wildman–Crippen MR) is 210 cm³/mol. The Labute approximate surface area is 341 Å². The molecule has 0 radical (unpaired) electrons. The topological polar surface area (TPSA) is 176 Å². The van der Waals surface area contributed by atoms with Crippen LogP contribution in [0.5, 0.6) is 0 Å². The Bertz CT molecular complexity index is 888. The summed E-state index contributed by atoms with van der Waals surface area (Å²) in [6.45, 7) is 23.5. The van der Waals surface area contributed by atoms with Crippen LogP contribution in [0.2, 0.25) is 0 Å². The number of carbonyl (C=O) groups is 2. The highest BCUT2D eigenvalue weighted by Crippen LogP contribution is 2.09. The number of likely N-dealkylation sites (N-methyl/N-ethyl adjacent to an activating group) is 1. The summed E-state index contributed by atoms with van der Waals surface area (Å²) in [5, 5.41) is 0. The highest BCUT2D eigenvalue weighted by atomic mass is 16.6. The van der Waals surface area contributed by atoms with Crippen LogP contribution in [0.1, 0.15) is 48.0 Å². The van der Waals surface area contributed by atoms with Gasteiger partial charge < -0.3 is 76.0 Å². The maximum Gasteiger partial charge on any atom is 0.410 e. The summed E-state index contributed by atoms with van der Waals surface area (Å²) in [4.78, 5) is 24.9. The average Bonchev–Trinajstić information content (AvgIpc) is 3.14. The Balaban J connectivity index is 3.16. The molecule has 340 valence electrons. The highest BCUT2D eigenvalue weighted by molar-refractivity contribution is 5.69. The molecule has 0 unspecified atom stereocenters. The van der Waals surface area contributed by atoms with E-state index in [4.69, 9.17) is 71.1 Å². The van der Waals surface area contributed by atoms with Crippen molar-refractivity contribution in [3.05, 3.63) is 0 Å². The van der Waals surface area contributed by atoms with Gasteiger partial charge >= 0.3 is 12.1 Å². The SMILES string of the molecule is CN(CCOCCOCCOCCOCCOCCOCCOCCOCCOCCOCCOCCOCCOCCC(=O)OC(C)(C)C)C(=O)OC(C)(C)C. The normalized spacial score (nSPS) is 12.0. The molecule has 0 N–H and O–H groups in total. The van der Waals surface area contributed by atoms with Crippen LogP contribution in [0.15, 0.2) is 0 Å². The van der Waals surface area contributed by atoms with Gasteiger partial charge in [-0.25, -0.2) is 4.79 Å². The van der Waals surface area contributed by atoms with Crippen molar-refractivity contribution >= 4 is 12.1 Å². The van der Waals surface area contributed by atoms with Gasteiger partial charge in [-0.3, -0.25) is 4.79 Å². The zero-order chi connectivity index (χ0) is 42.1. The van der Waals surface area contributed by atoms with Crippen molar-refractivity contribution in [1.82, 2.24) is 4.90 Å².